The molecule has 0 aromatic heterocycles. The van der Waals surface area contributed by atoms with Crippen LogP contribution in [0.2, 0.25) is 0 Å². The third kappa shape index (κ3) is 0.741. The van der Waals surface area contributed by atoms with Crippen molar-refractivity contribution >= 4 is 0 Å². The Labute approximate surface area is 64.0 Å². The minimum atomic E-state index is 0.654. The van der Waals surface area contributed by atoms with Gasteiger partial charge in [-0.1, -0.05) is 20.8 Å². The topological polar surface area (TPSA) is 0 Å². The Morgan fingerprint density at radius 1 is 1.30 bits per heavy atom. The molecule has 0 saturated heterocycles. The highest BCUT2D eigenvalue weighted by Gasteiger charge is 2.48. The summed E-state index contributed by atoms with van der Waals surface area (Å²) < 4.78 is 0. The third-order valence-electron chi connectivity index (χ3n) is 3.65. The maximum absolute atomic E-state index is 2.43. The molecule has 1 radical (unpaired) electrons. The van der Waals surface area contributed by atoms with Gasteiger partial charge < -0.3 is 0 Å². The van der Waals surface area contributed by atoms with Crippen LogP contribution in [0.5, 0.6) is 0 Å². The molecule has 1 unspecified atom stereocenters. The highest BCUT2D eigenvalue weighted by Crippen LogP contribution is 2.58. The summed E-state index contributed by atoms with van der Waals surface area (Å²) in [5, 5.41) is 0. The van der Waals surface area contributed by atoms with E-state index in [0.29, 0.717) is 5.41 Å². The molecule has 10 heavy (non-hydrogen) atoms. The molecule has 2 bridgehead atoms. The molecule has 1 atom stereocenters. The molecule has 57 valence electrons. The molecule has 0 aromatic rings. The SMILES string of the molecule is CC1CC(C)(C)C2C[C]1C2. The second-order valence-corrected chi connectivity index (χ2v) is 4.86. The maximum Gasteiger partial charge on any atom is -0.0207 e. The van der Waals surface area contributed by atoms with Crippen LogP contribution in [0.1, 0.15) is 40.0 Å². The van der Waals surface area contributed by atoms with Crippen LogP contribution in [0.3, 0.4) is 0 Å². The fourth-order valence-electron chi connectivity index (χ4n) is 2.63. The molecule has 0 aliphatic heterocycles. The number of hydrogen-bond acceptors (Lipinski definition) is 0. The molecule has 0 spiro atoms. The van der Waals surface area contributed by atoms with Crippen LogP contribution in [0.4, 0.5) is 0 Å². The van der Waals surface area contributed by atoms with Crippen molar-refractivity contribution in [2.45, 2.75) is 40.0 Å². The van der Waals surface area contributed by atoms with Gasteiger partial charge in [-0.15, -0.1) is 0 Å². The second-order valence-electron chi connectivity index (χ2n) is 4.86. The van der Waals surface area contributed by atoms with E-state index in [2.05, 4.69) is 20.8 Å². The van der Waals surface area contributed by atoms with Crippen LogP contribution < -0.4 is 0 Å². The standard InChI is InChI=1S/C10H17/c1-7-6-10(2,3)9-4-8(7)5-9/h7,9H,4-6H2,1-3H3. The highest BCUT2D eigenvalue weighted by atomic mass is 14.5. The Balaban J connectivity index is 2.13. The van der Waals surface area contributed by atoms with E-state index in [1.54, 1.807) is 0 Å². The van der Waals surface area contributed by atoms with Gasteiger partial charge in [0.05, 0.1) is 0 Å². The average Bonchev–Trinajstić information content (AvgIpc) is 1.52. The van der Waals surface area contributed by atoms with Crippen molar-refractivity contribution in [1.82, 2.24) is 0 Å². The first-order valence-electron chi connectivity index (χ1n) is 4.44. The van der Waals surface area contributed by atoms with E-state index in [9.17, 15) is 0 Å². The lowest BCUT2D eigenvalue weighted by atomic mass is 9.50. The Morgan fingerprint density at radius 2 is 1.90 bits per heavy atom. The van der Waals surface area contributed by atoms with Crippen molar-refractivity contribution in [3.63, 3.8) is 0 Å². The van der Waals surface area contributed by atoms with Crippen molar-refractivity contribution in [2.24, 2.45) is 17.3 Å². The van der Waals surface area contributed by atoms with Crippen LogP contribution in [0.25, 0.3) is 0 Å². The van der Waals surface area contributed by atoms with Gasteiger partial charge in [-0.3, -0.25) is 0 Å². The van der Waals surface area contributed by atoms with Crippen molar-refractivity contribution in [3.8, 4) is 0 Å². The minimum absolute atomic E-state index is 0.654. The number of rotatable bonds is 0. The molecule has 0 N–H and O–H groups in total. The predicted octanol–water partition coefficient (Wildman–Crippen LogP) is 3.04. The van der Waals surface area contributed by atoms with Crippen molar-refractivity contribution in [3.05, 3.63) is 5.92 Å². The van der Waals surface area contributed by atoms with Gasteiger partial charge in [0.25, 0.3) is 0 Å². The van der Waals surface area contributed by atoms with Crippen molar-refractivity contribution < 1.29 is 0 Å². The molecule has 3 fully saturated rings. The van der Waals surface area contributed by atoms with E-state index in [-0.39, 0.29) is 0 Å². The zero-order chi connectivity index (χ0) is 7.35. The summed E-state index contributed by atoms with van der Waals surface area (Å²) in [6.07, 6.45) is 4.34. The van der Waals surface area contributed by atoms with Crippen LogP contribution in [0.15, 0.2) is 0 Å². The van der Waals surface area contributed by atoms with Gasteiger partial charge in [0.1, 0.15) is 0 Å². The van der Waals surface area contributed by atoms with Gasteiger partial charge in [0.15, 0.2) is 0 Å². The monoisotopic (exact) mass is 137 g/mol. The van der Waals surface area contributed by atoms with E-state index in [1.165, 1.54) is 19.3 Å². The minimum Gasteiger partial charge on any atom is -0.0619 e. The summed E-state index contributed by atoms with van der Waals surface area (Å²) in [5.74, 6) is 3.82. The first kappa shape index (κ1) is 6.69. The average molecular weight is 137 g/mol. The van der Waals surface area contributed by atoms with Crippen LogP contribution >= 0.6 is 0 Å². The molecule has 3 aliphatic carbocycles. The zero-order valence-corrected chi connectivity index (χ0v) is 7.28. The quantitative estimate of drug-likeness (QED) is 0.481. The number of hydrogen-bond donors (Lipinski definition) is 0. The summed E-state index contributed by atoms with van der Waals surface area (Å²) in [7, 11) is 0. The first-order valence-corrected chi connectivity index (χ1v) is 4.44. The van der Waals surface area contributed by atoms with E-state index < -0.39 is 0 Å². The maximum atomic E-state index is 2.43. The zero-order valence-electron chi connectivity index (χ0n) is 7.28. The lowest BCUT2D eigenvalue weighted by molar-refractivity contribution is 0.0405. The molecule has 3 saturated carbocycles. The van der Waals surface area contributed by atoms with Gasteiger partial charge in [-0.25, -0.2) is 0 Å². The Morgan fingerprint density at radius 3 is 2.20 bits per heavy atom. The molecular formula is C10H17. The van der Waals surface area contributed by atoms with E-state index in [1.807, 2.05) is 5.92 Å². The van der Waals surface area contributed by atoms with Crippen LogP contribution in [-0.2, 0) is 0 Å². The van der Waals surface area contributed by atoms with Crippen molar-refractivity contribution in [2.75, 3.05) is 0 Å². The van der Waals surface area contributed by atoms with E-state index in [0.717, 1.165) is 11.8 Å². The smallest absolute Gasteiger partial charge is 0.0207 e. The van der Waals surface area contributed by atoms with E-state index in [4.69, 9.17) is 0 Å². The second kappa shape index (κ2) is 1.78. The molecule has 0 nitrogen and oxygen atoms in total. The van der Waals surface area contributed by atoms with Crippen molar-refractivity contribution in [1.29, 1.82) is 0 Å². The fraction of sp³-hybridized carbons (Fsp3) is 0.900. The predicted molar refractivity (Wildman–Crippen MR) is 43.5 cm³/mol. The Hall–Kier alpha value is 0. The van der Waals surface area contributed by atoms with Gasteiger partial charge in [-0.05, 0) is 42.4 Å². The summed E-state index contributed by atoms with van der Waals surface area (Å²) in [5.41, 5.74) is 0.654. The molecule has 0 amide bonds. The first-order chi connectivity index (χ1) is 4.59. The summed E-state index contributed by atoms with van der Waals surface area (Å²) >= 11 is 0. The molecule has 0 heterocycles. The summed E-state index contributed by atoms with van der Waals surface area (Å²) in [6, 6.07) is 0. The largest absolute Gasteiger partial charge is 0.0619 e. The molecule has 3 rings (SSSR count). The number of fused-ring (bicyclic) bond motifs is 2. The van der Waals surface area contributed by atoms with Gasteiger partial charge in [0, 0.05) is 0 Å². The molecular weight excluding hydrogens is 120 g/mol. The van der Waals surface area contributed by atoms with E-state index >= 15 is 0 Å². The highest BCUT2D eigenvalue weighted by molar-refractivity contribution is 5.15. The normalized spacial score (nSPS) is 39.3. The summed E-state index contributed by atoms with van der Waals surface area (Å²) in [4.78, 5) is 0. The lowest BCUT2D eigenvalue weighted by Crippen LogP contribution is -2.44. The van der Waals surface area contributed by atoms with Gasteiger partial charge in [-0.2, -0.15) is 0 Å². The van der Waals surface area contributed by atoms with Crippen LogP contribution in [0, 0.1) is 23.2 Å². The molecule has 0 aromatic carbocycles. The Kier molecular flexibility index (Phi) is 1.19. The summed E-state index contributed by atoms with van der Waals surface area (Å²) in [6.45, 7) is 7.26. The lowest BCUT2D eigenvalue weighted by Gasteiger charge is -2.55. The third-order valence-corrected chi connectivity index (χ3v) is 3.65. The fourth-order valence-corrected chi connectivity index (χ4v) is 2.63. The Bertz CT molecular complexity index is 140. The van der Waals surface area contributed by atoms with Gasteiger partial charge >= 0.3 is 0 Å². The van der Waals surface area contributed by atoms with Gasteiger partial charge in [0.2, 0.25) is 0 Å². The van der Waals surface area contributed by atoms with Crippen LogP contribution in [-0.4, -0.2) is 0 Å². The molecule has 3 aliphatic rings. The molecule has 0 heteroatoms.